The van der Waals surface area contributed by atoms with Crippen molar-refractivity contribution in [2.75, 3.05) is 13.2 Å². The molecular formula is C11H18F3NO. The first kappa shape index (κ1) is 12.2. The minimum Gasteiger partial charge on any atom is -0.378 e. The highest BCUT2D eigenvalue weighted by Gasteiger charge is 2.51. The Hall–Kier alpha value is -0.290. The largest absolute Gasteiger partial charge is 0.391 e. The monoisotopic (exact) mass is 237 g/mol. The van der Waals surface area contributed by atoms with E-state index in [1.165, 1.54) is 0 Å². The number of halogens is 3. The van der Waals surface area contributed by atoms with Crippen LogP contribution in [0.15, 0.2) is 0 Å². The Bertz CT molecular complexity index is 256. The molecule has 0 aromatic rings. The lowest BCUT2D eigenvalue weighted by Crippen LogP contribution is -2.43. The number of rotatable bonds is 1. The van der Waals surface area contributed by atoms with Crippen LogP contribution >= 0.6 is 0 Å². The first-order valence-corrected chi connectivity index (χ1v) is 5.82. The van der Waals surface area contributed by atoms with Gasteiger partial charge in [0.1, 0.15) is 0 Å². The SMILES string of the molecule is C[C@@H]1CO[C@@H]2C[C@H](C(F)(F)F)C[C@H](CN)[C@@H]12. The summed E-state index contributed by atoms with van der Waals surface area (Å²) in [5, 5.41) is 0. The second-order valence-corrected chi connectivity index (χ2v) is 5.13. The van der Waals surface area contributed by atoms with Crippen molar-refractivity contribution in [2.24, 2.45) is 29.4 Å². The Morgan fingerprint density at radius 3 is 2.56 bits per heavy atom. The molecule has 2 rings (SSSR count). The highest BCUT2D eigenvalue weighted by atomic mass is 19.4. The molecule has 1 saturated carbocycles. The lowest BCUT2D eigenvalue weighted by atomic mass is 9.69. The Morgan fingerprint density at radius 2 is 2.00 bits per heavy atom. The lowest BCUT2D eigenvalue weighted by Gasteiger charge is -2.39. The smallest absolute Gasteiger partial charge is 0.378 e. The van der Waals surface area contributed by atoms with Crippen molar-refractivity contribution in [1.82, 2.24) is 0 Å². The van der Waals surface area contributed by atoms with Crippen molar-refractivity contribution in [3.63, 3.8) is 0 Å². The summed E-state index contributed by atoms with van der Waals surface area (Å²) < 4.78 is 43.6. The zero-order chi connectivity index (χ0) is 11.9. The zero-order valence-electron chi connectivity index (χ0n) is 9.33. The Kier molecular flexibility index (Phi) is 3.18. The third-order valence-corrected chi connectivity index (χ3v) is 4.07. The molecule has 0 bridgehead atoms. The first-order chi connectivity index (χ1) is 7.43. The molecule has 1 heterocycles. The highest BCUT2D eigenvalue weighted by molar-refractivity contribution is 4.95. The second-order valence-electron chi connectivity index (χ2n) is 5.13. The number of alkyl halides is 3. The number of hydrogen-bond acceptors (Lipinski definition) is 2. The third-order valence-electron chi connectivity index (χ3n) is 4.07. The van der Waals surface area contributed by atoms with Gasteiger partial charge in [0.25, 0.3) is 0 Å². The van der Waals surface area contributed by atoms with Crippen LogP contribution in [-0.4, -0.2) is 25.4 Å². The maximum Gasteiger partial charge on any atom is 0.391 e. The van der Waals surface area contributed by atoms with E-state index in [0.717, 1.165) is 0 Å². The van der Waals surface area contributed by atoms with E-state index in [1.807, 2.05) is 6.92 Å². The summed E-state index contributed by atoms with van der Waals surface area (Å²) in [7, 11) is 0. The Balaban J connectivity index is 2.12. The van der Waals surface area contributed by atoms with Crippen LogP contribution in [0.25, 0.3) is 0 Å². The maximum atomic E-state index is 12.7. The van der Waals surface area contributed by atoms with Crippen LogP contribution in [0.4, 0.5) is 13.2 Å². The van der Waals surface area contributed by atoms with Gasteiger partial charge in [0.15, 0.2) is 0 Å². The van der Waals surface area contributed by atoms with Crippen molar-refractivity contribution in [3.05, 3.63) is 0 Å². The molecule has 0 aromatic carbocycles. The lowest BCUT2D eigenvalue weighted by molar-refractivity contribution is -0.198. The van der Waals surface area contributed by atoms with Crippen molar-refractivity contribution in [1.29, 1.82) is 0 Å². The van der Waals surface area contributed by atoms with Gasteiger partial charge < -0.3 is 10.5 Å². The van der Waals surface area contributed by atoms with Gasteiger partial charge in [-0.25, -0.2) is 0 Å². The predicted octanol–water partition coefficient (Wildman–Crippen LogP) is 2.18. The molecule has 1 aliphatic heterocycles. The number of ether oxygens (including phenoxy) is 1. The molecule has 5 atom stereocenters. The molecule has 0 aromatic heterocycles. The van der Waals surface area contributed by atoms with Gasteiger partial charge in [0.2, 0.25) is 0 Å². The minimum absolute atomic E-state index is 0.0390. The fourth-order valence-electron chi connectivity index (χ4n) is 3.28. The van der Waals surface area contributed by atoms with E-state index >= 15 is 0 Å². The van der Waals surface area contributed by atoms with Gasteiger partial charge in [-0.15, -0.1) is 0 Å². The molecule has 5 heteroatoms. The van der Waals surface area contributed by atoms with Gasteiger partial charge in [-0.05, 0) is 37.1 Å². The van der Waals surface area contributed by atoms with E-state index in [4.69, 9.17) is 10.5 Å². The zero-order valence-corrected chi connectivity index (χ0v) is 9.33. The van der Waals surface area contributed by atoms with E-state index in [0.29, 0.717) is 19.1 Å². The fourth-order valence-corrected chi connectivity index (χ4v) is 3.28. The molecule has 16 heavy (non-hydrogen) atoms. The summed E-state index contributed by atoms with van der Waals surface area (Å²) in [6.07, 6.45) is -4.04. The van der Waals surface area contributed by atoms with E-state index in [1.54, 1.807) is 0 Å². The molecule has 94 valence electrons. The van der Waals surface area contributed by atoms with Gasteiger partial charge in [-0.3, -0.25) is 0 Å². The van der Waals surface area contributed by atoms with Gasteiger partial charge in [-0.2, -0.15) is 13.2 Å². The van der Waals surface area contributed by atoms with Gasteiger partial charge in [0, 0.05) is 6.61 Å². The number of hydrogen-bond donors (Lipinski definition) is 1. The molecule has 2 fully saturated rings. The van der Waals surface area contributed by atoms with Crippen LogP contribution in [0.1, 0.15) is 19.8 Å². The quantitative estimate of drug-likeness (QED) is 0.758. The molecule has 0 unspecified atom stereocenters. The average Bonchev–Trinajstić information content (AvgIpc) is 2.58. The summed E-state index contributed by atoms with van der Waals surface area (Å²) >= 11 is 0. The molecule has 1 saturated heterocycles. The molecule has 2 aliphatic rings. The molecule has 1 aliphatic carbocycles. The first-order valence-electron chi connectivity index (χ1n) is 5.82. The van der Waals surface area contributed by atoms with Crippen molar-refractivity contribution < 1.29 is 17.9 Å². The maximum absolute atomic E-state index is 12.7. The molecule has 2 nitrogen and oxygen atoms in total. The van der Waals surface area contributed by atoms with Gasteiger partial charge >= 0.3 is 6.18 Å². The van der Waals surface area contributed by atoms with Gasteiger partial charge in [-0.1, -0.05) is 6.92 Å². The molecule has 2 N–H and O–H groups in total. The summed E-state index contributed by atoms with van der Waals surface area (Å²) in [4.78, 5) is 0. The Morgan fingerprint density at radius 1 is 1.31 bits per heavy atom. The second kappa shape index (κ2) is 4.18. The summed E-state index contributed by atoms with van der Waals surface area (Å²) in [6, 6.07) is 0. The van der Waals surface area contributed by atoms with Crippen LogP contribution in [0, 0.1) is 23.7 Å². The van der Waals surface area contributed by atoms with Crippen LogP contribution in [0.5, 0.6) is 0 Å². The van der Waals surface area contributed by atoms with Crippen LogP contribution in [0.2, 0.25) is 0 Å². The van der Waals surface area contributed by atoms with E-state index in [-0.39, 0.29) is 30.8 Å². The van der Waals surface area contributed by atoms with Crippen LogP contribution < -0.4 is 5.73 Å². The number of nitrogens with two attached hydrogens (primary N) is 1. The number of fused-ring (bicyclic) bond motifs is 1. The third kappa shape index (κ3) is 2.07. The topological polar surface area (TPSA) is 35.2 Å². The van der Waals surface area contributed by atoms with Crippen LogP contribution in [0.3, 0.4) is 0 Å². The summed E-state index contributed by atoms with van der Waals surface area (Å²) in [5.41, 5.74) is 5.60. The molecule has 0 radical (unpaired) electrons. The van der Waals surface area contributed by atoms with Crippen molar-refractivity contribution >= 4 is 0 Å². The summed E-state index contributed by atoms with van der Waals surface area (Å²) in [6.45, 7) is 2.96. The van der Waals surface area contributed by atoms with Crippen molar-refractivity contribution in [2.45, 2.75) is 32.0 Å². The fraction of sp³-hybridized carbons (Fsp3) is 1.00. The van der Waals surface area contributed by atoms with E-state index in [9.17, 15) is 13.2 Å². The van der Waals surface area contributed by atoms with Crippen molar-refractivity contribution in [3.8, 4) is 0 Å². The Labute approximate surface area is 93.3 Å². The minimum atomic E-state index is -4.10. The molecule has 0 spiro atoms. The predicted molar refractivity (Wildman–Crippen MR) is 53.7 cm³/mol. The van der Waals surface area contributed by atoms with E-state index in [2.05, 4.69) is 0 Å². The van der Waals surface area contributed by atoms with Gasteiger partial charge in [0.05, 0.1) is 12.0 Å². The van der Waals surface area contributed by atoms with E-state index < -0.39 is 12.1 Å². The van der Waals surface area contributed by atoms with Crippen LogP contribution in [-0.2, 0) is 4.74 Å². The highest BCUT2D eigenvalue weighted by Crippen LogP contribution is 2.48. The molecule has 0 amide bonds. The summed E-state index contributed by atoms with van der Waals surface area (Å²) in [5.74, 6) is -0.702. The molecular weight excluding hydrogens is 219 g/mol. The average molecular weight is 237 g/mol. The normalized spacial score (nSPS) is 44.4. The standard InChI is InChI=1S/C11H18F3NO/c1-6-5-16-9-3-8(11(12,13)14)2-7(4-15)10(6)9/h6-10H,2-5,15H2,1H3/t6-,7-,8-,9-,10-/m1/s1.